The van der Waals surface area contributed by atoms with Crippen molar-refractivity contribution in [2.24, 2.45) is 0 Å². The molecule has 1 aromatic heterocycles. The summed E-state index contributed by atoms with van der Waals surface area (Å²) in [5, 5.41) is 0. The lowest BCUT2D eigenvalue weighted by atomic mass is 10.3. The zero-order chi connectivity index (χ0) is 16.2. The van der Waals surface area contributed by atoms with Gasteiger partial charge in [-0.15, -0.1) is 0 Å². The molecule has 0 spiro atoms. The summed E-state index contributed by atoms with van der Waals surface area (Å²) >= 11 is 0. The zero-order valence-electron chi connectivity index (χ0n) is 9.86. The van der Waals surface area contributed by atoms with E-state index in [9.17, 15) is 26.3 Å². The molecule has 0 aliphatic carbocycles. The van der Waals surface area contributed by atoms with Crippen LogP contribution in [-0.4, -0.2) is 24.7 Å². The Morgan fingerprint density at radius 1 is 1.20 bits per heavy atom. The first-order chi connectivity index (χ1) is 8.72. The topological polar surface area (TPSA) is 61.1 Å². The fourth-order valence-corrected chi connectivity index (χ4v) is 0.958. The molecule has 0 bridgehead atoms. The number of aryl methyl sites for hydroxylation is 1. The van der Waals surface area contributed by atoms with Gasteiger partial charge in [0.15, 0.2) is 22.5 Å². The van der Waals surface area contributed by atoms with E-state index in [2.05, 4.69) is 0 Å². The molecule has 0 fully saturated rings. The third kappa shape index (κ3) is 7.94. The summed E-state index contributed by atoms with van der Waals surface area (Å²) in [6, 6.07) is 3.36. The lowest BCUT2D eigenvalue weighted by Gasteiger charge is -2.08. The predicted molar refractivity (Wildman–Crippen MR) is 53.2 cm³/mol. The summed E-state index contributed by atoms with van der Waals surface area (Å²) in [7, 11) is -6.09. The molecule has 0 radical (unpaired) electrons. The molecule has 0 aliphatic rings. The Balaban J connectivity index is 0.000000396. The molecule has 0 atom stereocenters. The molecule has 1 aromatic rings. The van der Waals surface area contributed by atoms with Crippen LogP contribution >= 0.6 is 0 Å². The third-order valence-corrected chi connectivity index (χ3v) is 2.22. The quantitative estimate of drug-likeness (QED) is 0.343. The maximum Gasteiger partial charge on any atom is 0.485 e. The molecule has 4 nitrogen and oxygen atoms in total. The smallest absolute Gasteiger partial charge is 0.485 e. The van der Waals surface area contributed by atoms with Gasteiger partial charge in [0.2, 0.25) is 6.54 Å². The SMILES string of the molecule is Cc1ccc[n+](CC(F)(F)F)c1.O=S(=O)([O-])C(F)(F)F. The molecule has 0 aromatic carbocycles. The molecule has 0 unspecified atom stereocenters. The Labute approximate surface area is 110 Å². The molecule has 20 heavy (non-hydrogen) atoms. The standard InChI is InChI=1S/C8H9F3N.CHF3O3S/c1-7-3-2-4-12(5-7)6-8(9,10)11;2-1(3,4)8(5,6)7/h2-5H,6H2,1H3;(H,5,6,7)/q+1;/p-1. The monoisotopic (exact) mass is 325 g/mol. The molecule has 0 N–H and O–H groups in total. The lowest BCUT2D eigenvalue weighted by molar-refractivity contribution is -0.719. The van der Waals surface area contributed by atoms with Crippen molar-refractivity contribution in [3.8, 4) is 0 Å². The second-order valence-electron chi connectivity index (χ2n) is 3.57. The van der Waals surface area contributed by atoms with Crippen molar-refractivity contribution < 1.29 is 43.9 Å². The van der Waals surface area contributed by atoms with Crippen molar-refractivity contribution in [3.63, 3.8) is 0 Å². The first-order valence-electron chi connectivity index (χ1n) is 4.77. The number of hydrogen-bond acceptors (Lipinski definition) is 3. The number of hydrogen-bond donors (Lipinski definition) is 0. The van der Waals surface area contributed by atoms with Crippen LogP contribution in [0.3, 0.4) is 0 Å². The van der Waals surface area contributed by atoms with E-state index in [0.717, 1.165) is 10.1 Å². The summed E-state index contributed by atoms with van der Waals surface area (Å²) in [5.41, 5.74) is -4.82. The maximum atomic E-state index is 11.9. The van der Waals surface area contributed by atoms with Crippen molar-refractivity contribution in [1.29, 1.82) is 0 Å². The number of halogens is 6. The van der Waals surface area contributed by atoms with Crippen LogP contribution in [0.1, 0.15) is 5.56 Å². The highest BCUT2D eigenvalue weighted by molar-refractivity contribution is 7.86. The van der Waals surface area contributed by atoms with Gasteiger partial charge in [0, 0.05) is 11.6 Å². The molecule has 1 heterocycles. The molecule has 0 amide bonds. The van der Waals surface area contributed by atoms with Crippen LogP contribution in [-0.2, 0) is 16.7 Å². The summed E-state index contributed by atoms with van der Waals surface area (Å²) < 4.78 is 95.6. The Morgan fingerprint density at radius 3 is 1.95 bits per heavy atom. The van der Waals surface area contributed by atoms with Gasteiger partial charge >= 0.3 is 11.7 Å². The number of aromatic nitrogens is 1. The Morgan fingerprint density at radius 2 is 1.65 bits per heavy atom. The van der Waals surface area contributed by atoms with E-state index >= 15 is 0 Å². The first kappa shape index (κ1) is 18.6. The van der Waals surface area contributed by atoms with Gasteiger partial charge < -0.3 is 4.55 Å². The van der Waals surface area contributed by atoms with Crippen LogP contribution in [0.4, 0.5) is 26.3 Å². The van der Waals surface area contributed by atoms with Gasteiger partial charge in [0.1, 0.15) is 0 Å². The average Bonchev–Trinajstić information content (AvgIpc) is 2.11. The minimum absolute atomic E-state index is 0.821. The summed E-state index contributed by atoms with van der Waals surface area (Å²) in [5.74, 6) is 0. The largest absolute Gasteiger partial charge is 0.741 e. The van der Waals surface area contributed by atoms with E-state index in [0.29, 0.717) is 0 Å². The summed E-state index contributed by atoms with van der Waals surface area (Å²) in [6.07, 6.45) is -1.27. The van der Waals surface area contributed by atoms with E-state index in [1.807, 2.05) is 0 Å². The molecule has 0 saturated carbocycles. The highest BCUT2D eigenvalue weighted by Crippen LogP contribution is 2.20. The van der Waals surface area contributed by atoms with Gasteiger partial charge in [-0.25, -0.2) is 8.42 Å². The summed E-state index contributed by atoms with van der Waals surface area (Å²) in [6.45, 7) is 0.835. The third-order valence-electron chi connectivity index (χ3n) is 1.65. The molecular weight excluding hydrogens is 316 g/mol. The predicted octanol–water partition coefficient (Wildman–Crippen LogP) is 1.90. The minimum Gasteiger partial charge on any atom is -0.741 e. The Bertz CT molecular complexity index is 537. The fraction of sp³-hybridized carbons (Fsp3) is 0.444. The van der Waals surface area contributed by atoms with Crippen LogP contribution in [0.25, 0.3) is 0 Å². The second kappa shape index (κ2) is 6.39. The highest BCUT2D eigenvalue weighted by atomic mass is 32.2. The Hall–Kier alpha value is -1.36. The number of alkyl halides is 6. The van der Waals surface area contributed by atoms with Gasteiger partial charge in [0.05, 0.1) is 0 Å². The van der Waals surface area contributed by atoms with E-state index < -0.39 is 28.3 Å². The normalized spacial score (nSPS) is 12.6. The van der Waals surface area contributed by atoms with Crippen LogP contribution in [0.15, 0.2) is 24.5 Å². The van der Waals surface area contributed by atoms with Crippen molar-refractivity contribution in [2.45, 2.75) is 25.2 Å². The number of pyridine rings is 1. The van der Waals surface area contributed by atoms with Gasteiger partial charge in [-0.1, -0.05) is 0 Å². The molecule has 1 rings (SSSR count). The van der Waals surface area contributed by atoms with Crippen LogP contribution in [0, 0.1) is 6.92 Å². The van der Waals surface area contributed by atoms with Crippen LogP contribution < -0.4 is 4.57 Å². The van der Waals surface area contributed by atoms with Crippen molar-refractivity contribution in [1.82, 2.24) is 0 Å². The molecule has 0 aliphatic heterocycles. The van der Waals surface area contributed by atoms with Gasteiger partial charge in [-0.05, 0) is 13.0 Å². The minimum atomic E-state index is -6.09. The molecule has 0 saturated heterocycles. The van der Waals surface area contributed by atoms with E-state index in [1.165, 1.54) is 12.4 Å². The van der Waals surface area contributed by atoms with Gasteiger partial charge in [-0.3, -0.25) is 0 Å². The van der Waals surface area contributed by atoms with Crippen molar-refractivity contribution in [2.75, 3.05) is 0 Å². The van der Waals surface area contributed by atoms with E-state index in [4.69, 9.17) is 13.0 Å². The van der Waals surface area contributed by atoms with Crippen LogP contribution in [0.2, 0.25) is 0 Å². The van der Waals surface area contributed by atoms with E-state index in [-0.39, 0.29) is 0 Å². The maximum absolute atomic E-state index is 11.9. The fourth-order valence-electron chi connectivity index (χ4n) is 0.958. The first-order valence-corrected chi connectivity index (χ1v) is 6.18. The zero-order valence-corrected chi connectivity index (χ0v) is 10.7. The molecule has 11 heteroatoms. The number of nitrogens with zero attached hydrogens (tertiary/aromatic N) is 1. The van der Waals surface area contributed by atoms with Crippen LogP contribution in [0.5, 0.6) is 0 Å². The van der Waals surface area contributed by atoms with Crippen molar-refractivity contribution in [3.05, 3.63) is 30.1 Å². The van der Waals surface area contributed by atoms with E-state index in [1.54, 1.807) is 19.1 Å². The number of rotatable bonds is 1. The Kier molecular flexibility index (Phi) is 5.96. The second-order valence-corrected chi connectivity index (χ2v) is 4.94. The van der Waals surface area contributed by atoms with Crippen molar-refractivity contribution >= 4 is 10.1 Å². The highest BCUT2D eigenvalue weighted by Gasteiger charge is 2.37. The molecular formula is C9H9F6NO3S. The average molecular weight is 325 g/mol. The van der Waals surface area contributed by atoms with Gasteiger partial charge in [0.25, 0.3) is 0 Å². The summed E-state index contributed by atoms with van der Waals surface area (Å²) in [4.78, 5) is 0. The van der Waals surface area contributed by atoms with Gasteiger partial charge in [-0.2, -0.15) is 30.9 Å². The lowest BCUT2D eigenvalue weighted by Crippen LogP contribution is -2.40. The molecule has 116 valence electrons.